The first kappa shape index (κ1) is 17.5. The summed E-state index contributed by atoms with van der Waals surface area (Å²) in [6, 6.07) is 3.86. The lowest BCUT2D eigenvalue weighted by atomic mass is 9.49. The summed E-state index contributed by atoms with van der Waals surface area (Å²) in [5.74, 6) is 3.66. The number of hydrogen-bond donors (Lipinski definition) is 1. The van der Waals surface area contributed by atoms with Crippen molar-refractivity contribution in [3.63, 3.8) is 0 Å². The first-order chi connectivity index (χ1) is 14.1. The maximum Gasteiger partial charge on any atom is 0.346 e. The van der Waals surface area contributed by atoms with Crippen LogP contribution < -0.4 is 11.0 Å². The molecule has 154 valence electrons. The van der Waals surface area contributed by atoms with Crippen molar-refractivity contribution in [3.8, 4) is 11.6 Å². The van der Waals surface area contributed by atoms with Crippen molar-refractivity contribution in [2.24, 2.45) is 23.2 Å². The van der Waals surface area contributed by atoms with E-state index < -0.39 is 0 Å². The van der Waals surface area contributed by atoms with Crippen LogP contribution in [-0.2, 0) is 11.3 Å². The number of hydrogen-bond acceptors (Lipinski definition) is 4. The third-order valence-corrected chi connectivity index (χ3v) is 7.65. The van der Waals surface area contributed by atoms with Crippen molar-refractivity contribution in [1.29, 1.82) is 0 Å². The normalized spacial score (nSPS) is 32.6. The molecule has 0 spiro atoms. The van der Waals surface area contributed by atoms with Crippen LogP contribution in [0.4, 0.5) is 0 Å². The Morgan fingerprint density at radius 3 is 2.45 bits per heavy atom. The first-order valence-corrected chi connectivity index (χ1v) is 11.1. The number of carbonyl (C=O) groups is 1. The maximum absolute atomic E-state index is 13.1. The molecule has 5 saturated carbocycles. The highest BCUT2D eigenvalue weighted by molar-refractivity contribution is 5.83. The van der Waals surface area contributed by atoms with E-state index in [-0.39, 0.29) is 23.1 Å². The summed E-state index contributed by atoms with van der Waals surface area (Å²) in [4.78, 5) is 26.0. The fraction of sp³-hybridized carbons (Fsp3) is 0.682. The zero-order chi connectivity index (χ0) is 19.6. The Balaban J connectivity index is 1.16. The minimum absolute atomic E-state index is 0.108. The van der Waals surface area contributed by atoms with Crippen LogP contribution in [0.15, 0.2) is 27.6 Å². The van der Waals surface area contributed by atoms with Gasteiger partial charge in [-0.3, -0.25) is 9.36 Å². The van der Waals surface area contributed by atoms with Crippen LogP contribution in [0.2, 0.25) is 0 Å². The van der Waals surface area contributed by atoms with Gasteiger partial charge < -0.3 is 9.73 Å². The van der Waals surface area contributed by atoms with Gasteiger partial charge in [-0.1, -0.05) is 0 Å². The average Bonchev–Trinajstić information content (AvgIpc) is 3.26. The van der Waals surface area contributed by atoms with E-state index in [1.165, 1.54) is 23.9 Å². The molecule has 1 N–H and O–H groups in total. The van der Waals surface area contributed by atoms with Crippen LogP contribution >= 0.6 is 0 Å². The molecule has 0 aromatic carbocycles. The van der Waals surface area contributed by atoms with E-state index in [1.807, 2.05) is 12.1 Å². The van der Waals surface area contributed by atoms with E-state index in [1.54, 1.807) is 10.8 Å². The predicted molar refractivity (Wildman–Crippen MR) is 106 cm³/mol. The molecule has 0 saturated heterocycles. The van der Waals surface area contributed by atoms with Gasteiger partial charge in [0.1, 0.15) is 0 Å². The van der Waals surface area contributed by atoms with Crippen molar-refractivity contribution in [2.45, 2.75) is 64.0 Å². The van der Waals surface area contributed by atoms with Crippen LogP contribution in [-0.4, -0.2) is 26.8 Å². The van der Waals surface area contributed by atoms with Gasteiger partial charge in [-0.15, -0.1) is 5.10 Å². The van der Waals surface area contributed by atoms with E-state index in [4.69, 9.17) is 4.42 Å². The lowest BCUT2D eigenvalue weighted by Crippen LogP contribution is -2.54. The third kappa shape index (κ3) is 2.89. The quantitative estimate of drug-likeness (QED) is 0.814. The van der Waals surface area contributed by atoms with Gasteiger partial charge in [0.05, 0.1) is 12.8 Å². The van der Waals surface area contributed by atoms with Crippen molar-refractivity contribution < 1.29 is 9.21 Å². The summed E-state index contributed by atoms with van der Waals surface area (Å²) >= 11 is 0. The topological polar surface area (TPSA) is 82.1 Å². The Kier molecular flexibility index (Phi) is 3.84. The molecule has 7 heteroatoms. The summed E-state index contributed by atoms with van der Waals surface area (Å²) in [5, 5.41) is 7.68. The number of rotatable bonds is 6. The second-order valence-corrected chi connectivity index (χ2v) is 9.86. The highest BCUT2D eigenvalue weighted by atomic mass is 16.3. The van der Waals surface area contributed by atoms with E-state index in [2.05, 4.69) is 10.4 Å². The molecule has 1 amide bonds. The number of carbonyl (C=O) groups excluding carboxylic acids is 1. The zero-order valence-electron chi connectivity index (χ0n) is 16.7. The molecule has 5 aliphatic rings. The zero-order valence-corrected chi connectivity index (χ0v) is 16.7. The average molecular weight is 396 g/mol. The summed E-state index contributed by atoms with van der Waals surface area (Å²) in [7, 11) is 0. The summed E-state index contributed by atoms with van der Waals surface area (Å²) in [5.41, 5.74) is -0.255. The van der Waals surface area contributed by atoms with E-state index in [9.17, 15) is 9.59 Å². The fourth-order valence-corrected chi connectivity index (χ4v) is 6.65. The van der Waals surface area contributed by atoms with Gasteiger partial charge >= 0.3 is 5.69 Å². The lowest BCUT2D eigenvalue weighted by Gasteiger charge is -2.55. The molecule has 0 atom stereocenters. The fourth-order valence-electron chi connectivity index (χ4n) is 6.65. The van der Waals surface area contributed by atoms with Gasteiger partial charge in [0.2, 0.25) is 11.7 Å². The number of nitrogens with zero attached hydrogens (tertiary/aromatic N) is 3. The standard InChI is InChI=1S/C22H28N4O3/c27-20(22-11-14-8-15(12-22)10-16(9-14)13-22)23-5-6-25-21(28)26(17-3-4-17)19(24-25)18-2-1-7-29-18/h1-2,7,14-17H,3-6,8-13H2,(H,23,27). The number of aromatic nitrogens is 3. The van der Waals surface area contributed by atoms with E-state index in [0.717, 1.165) is 49.9 Å². The summed E-state index contributed by atoms with van der Waals surface area (Å²) in [6.07, 6.45) is 10.8. The largest absolute Gasteiger partial charge is 0.461 e. The molecule has 0 aliphatic heterocycles. The van der Waals surface area contributed by atoms with E-state index in [0.29, 0.717) is 24.7 Å². The summed E-state index contributed by atoms with van der Waals surface area (Å²) in [6.45, 7) is 0.837. The maximum atomic E-state index is 13.1. The van der Waals surface area contributed by atoms with Gasteiger partial charge in [-0.25, -0.2) is 9.48 Å². The van der Waals surface area contributed by atoms with Gasteiger partial charge in [-0.2, -0.15) is 0 Å². The highest BCUT2D eigenvalue weighted by Gasteiger charge is 2.54. The second kappa shape index (κ2) is 6.34. The Bertz CT molecular complexity index is 947. The smallest absolute Gasteiger partial charge is 0.346 e. The monoisotopic (exact) mass is 396 g/mol. The molecule has 2 aromatic heterocycles. The lowest BCUT2D eigenvalue weighted by molar-refractivity contribution is -0.146. The Labute approximate surface area is 169 Å². The molecule has 2 aromatic rings. The molecular weight excluding hydrogens is 368 g/mol. The predicted octanol–water partition coefficient (Wildman–Crippen LogP) is 2.97. The second-order valence-electron chi connectivity index (χ2n) is 9.86. The molecular formula is C22H28N4O3. The SMILES string of the molecule is O=C(NCCn1nc(-c2ccco2)n(C2CC2)c1=O)C12CC3CC(CC(C3)C1)C2. The van der Waals surface area contributed by atoms with Crippen LogP contribution in [0.3, 0.4) is 0 Å². The minimum Gasteiger partial charge on any atom is -0.461 e. The first-order valence-electron chi connectivity index (χ1n) is 11.1. The Morgan fingerprint density at radius 2 is 1.86 bits per heavy atom. The summed E-state index contributed by atoms with van der Waals surface area (Å²) < 4.78 is 8.71. The molecule has 0 unspecified atom stereocenters. The van der Waals surface area contributed by atoms with Gasteiger partial charge in [0.25, 0.3) is 0 Å². The number of furan rings is 1. The van der Waals surface area contributed by atoms with Gasteiger partial charge in [0, 0.05) is 18.0 Å². The van der Waals surface area contributed by atoms with Crippen LogP contribution in [0.5, 0.6) is 0 Å². The van der Waals surface area contributed by atoms with Crippen LogP contribution in [0.25, 0.3) is 11.6 Å². The van der Waals surface area contributed by atoms with Crippen molar-refractivity contribution in [1.82, 2.24) is 19.7 Å². The van der Waals surface area contributed by atoms with Crippen LogP contribution in [0, 0.1) is 23.2 Å². The molecule has 0 radical (unpaired) electrons. The highest BCUT2D eigenvalue weighted by Crippen LogP contribution is 2.60. The molecule has 2 heterocycles. The molecule has 5 fully saturated rings. The number of amides is 1. The molecule has 7 nitrogen and oxygen atoms in total. The van der Waals surface area contributed by atoms with Crippen molar-refractivity contribution in [2.75, 3.05) is 6.54 Å². The van der Waals surface area contributed by atoms with E-state index >= 15 is 0 Å². The van der Waals surface area contributed by atoms with Gasteiger partial charge in [-0.05, 0) is 81.3 Å². The Morgan fingerprint density at radius 1 is 1.17 bits per heavy atom. The number of nitrogens with one attached hydrogen (secondary N) is 1. The molecule has 29 heavy (non-hydrogen) atoms. The van der Waals surface area contributed by atoms with Crippen molar-refractivity contribution >= 4 is 5.91 Å². The van der Waals surface area contributed by atoms with Gasteiger partial charge in [0.15, 0.2) is 5.76 Å². The minimum atomic E-state index is -0.146. The molecule has 5 aliphatic carbocycles. The van der Waals surface area contributed by atoms with Crippen molar-refractivity contribution in [3.05, 3.63) is 28.9 Å². The van der Waals surface area contributed by atoms with Crippen LogP contribution in [0.1, 0.15) is 57.4 Å². The third-order valence-electron chi connectivity index (χ3n) is 7.65. The molecule has 4 bridgehead atoms. The molecule has 7 rings (SSSR count). The Hall–Kier alpha value is -2.31.